The van der Waals surface area contributed by atoms with E-state index in [4.69, 9.17) is 4.74 Å². The van der Waals surface area contributed by atoms with Crippen molar-refractivity contribution in [2.24, 2.45) is 0 Å². The van der Waals surface area contributed by atoms with E-state index in [2.05, 4.69) is 17.9 Å². The van der Waals surface area contributed by atoms with E-state index in [1.165, 1.54) is 5.56 Å². The number of methoxy groups -OCH3 is 1. The average Bonchev–Trinajstić information content (AvgIpc) is 2.15. The maximum absolute atomic E-state index is 5.06. The second-order valence-corrected chi connectivity index (χ2v) is 2.81. The Bertz CT molecular complexity index is 218. The molecule has 0 aliphatic heterocycles. The molecule has 0 amide bonds. The lowest BCUT2D eigenvalue weighted by atomic mass is 10.1. The van der Waals surface area contributed by atoms with Crippen molar-refractivity contribution in [3.05, 3.63) is 29.8 Å². The largest absolute Gasteiger partial charge is 0.497 e. The summed E-state index contributed by atoms with van der Waals surface area (Å²) in [5.74, 6) is 0.924. The van der Waals surface area contributed by atoms with Gasteiger partial charge in [0.25, 0.3) is 0 Å². The lowest BCUT2D eigenvalue weighted by molar-refractivity contribution is -0.368. The van der Waals surface area contributed by atoms with Gasteiger partial charge < -0.3 is 10.5 Å². The Labute approximate surface area is 73.3 Å². The summed E-state index contributed by atoms with van der Waals surface area (Å²) < 4.78 is 5.06. The first-order valence-corrected chi connectivity index (χ1v) is 4.29. The molecule has 0 aromatic heterocycles. The molecule has 1 aromatic carbocycles. The van der Waals surface area contributed by atoms with Gasteiger partial charge in [-0.15, -0.1) is 0 Å². The lowest BCUT2D eigenvalue weighted by Gasteiger charge is -2.01. The van der Waals surface area contributed by atoms with Gasteiger partial charge in [0.15, 0.2) is 0 Å². The number of hydrogen-bond donors (Lipinski definition) is 1. The van der Waals surface area contributed by atoms with Gasteiger partial charge in [0.05, 0.1) is 13.7 Å². The molecule has 2 heteroatoms. The summed E-state index contributed by atoms with van der Waals surface area (Å²) in [7, 11) is 1.69. The van der Waals surface area contributed by atoms with Crippen molar-refractivity contribution >= 4 is 0 Å². The van der Waals surface area contributed by atoms with E-state index >= 15 is 0 Å². The number of quaternary nitrogens is 1. The van der Waals surface area contributed by atoms with Gasteiger partial charge in [0.2, 0.25) is 0 Å². The van der Waals surface area contributed by atoms with Crippen LogP contribution in [-0.2, 0) is 6.42 Å². The van der Waals surface area contributed by atoms with E-state index in [0.717, 1.165) is 25.1 Å². The van der Waals surface area contributed by atoms with Crippen molar-refractivity contribution in [1.82, 2.24) is 0 Å². The van der Waals surface area contributed by atoms with Crippen LogP contribution in [0, 0.1) is 0 Å². The topological polar surface area (TPSA) is 36.9 Å². The van der Waals surface area contributed by atoms with Crippen LogP contribution in [0.25, 0.3) is 0 Å². The first kappa shape index (κ1) is 9.07. The molecule has 3 N–H and O–H groups in total. The molecule has 0 bridgehead atoms. The molecule has 0 aliphatic carbocycles. The Balaban J connectivity index is 2.53. The van der Waals surface area contributed by atoms with E-state index in [0.29, 0.717) is 0 Å². The zero-order chi connectivity index (χ0) is 8.81. The maximum Gasteiger partial charge on any atom is 0.118 e. The predicted octanol–water partition coefficient (Wildman–Crippen LogP) is 0.870. The van der Waals surface area contributed by atoms with Gasteiger partial charge in [0.1, 0.15) is 5.75 Å². The minimum absolute atomic E-state index is 0.924. The standard InChI is InChI=1S/C10H15NO/c1-12-10-6-4-9(5-7-10)3-2-8-11/h4-7H,2-3,8,11H2,1H3/p+1. The number of benzene rings is 1. The summed E-state index contributed by atoms with van der Waals surface area (Å²) in [6, 6.07) is 8.21. The zero-order valence-electron chi connectivity index (χ0n) is 7.55. The third-order valence-electron chi connectivity index (χ3n) is 1.87. The van der Waals surface area contributed by atoms with Crippen LogP contribution in [0.4, 0.5) is 0 Å². The molecule has 1 rings (SSSR count). The highest BCUT2D eigenvalue weighted by Crippen LogP contribution is 2.11. The molecule has 12 heavy (non-hydrogen) atoms. The lowest BCUT2D eigenvalue weighted by Crippen LogP contribution is -2.50. The summed E-state index contributed by atoms with van der Waals surface area (Å²) in [5.41, 5.74) is 5.17. The minimum Gasteiger partial charge on any atom is -0.497 e. The molecule has 0 spiro atoms. The Morgan fingerprint density at radius 3 is 2.42 bits per heavy atom. The normalized spacial score (nSPS) is 9.83. The summed E-state index contributed by atoms with van der Waals surface area (Å²) in [4.78, 5) is 0. The van der Waals surface area contributed by atoms with Crippen LogP contribution in [0.2, 0.25) is 0 Å². The van der Waals surface area contributed by atoms with E-state index in [9.17, 15) is 0 Å². The van der Waals surface area contributed by atoms with Crippen LogP contribution in [0.1, 0.15) is 12.0 Å². The van der Waals surface area contributed by atoms with Crippen molar-refractivity contribution < 1.29 is 10.5 Å². The monoisotopic (exact) mass is 166 g/mol. The van der Waals surface area contributed by atoms with Crippen LogP contribution < -0.4 is 10.5 Å². The number of aryl methyl sites for hydroxylation is 1. The van der Waals surface area contributed by atoms with E-state index < -0.39 is 0 Å². The van der Waals surface area contributed by atoms with Gasteiger partial charge in [-0.25, -0.2) is 0 Å². The quantitative estimate of drug-likeness (QED) is 0.708. The van der Waals surface area contributed by atoms with Gasteiger partial charge in [0, 0.05) is 6.42 Å². The highest BCUT2D eigenvalue weighted by Gasteiger charge is 1.93. The smallest absolute Gasteiger partial charge is 0.118 e. The number of ether oxygens (including phenoxy) is 1. The molecule has 0 fully saturated rings. The number of rotatable bonds is 4. The molecule has 0 radical (unpaired) electrons. The molecule has 2 nitrogen and oxygen atoms in total. The van der Waals surface area contributed by atoms with Crippen LogP contribution in [0.5, 0.6) is 5.75 Å². The molecule has 66 valence electrons. The van der Waals surface area contributed by atoms with Crippen LogP contribution in [0.15, 0.2) is 24.3 Å². The third-order valence-corrected chi connectivity index (χ3v) is 1.87. The first-order chi connectivity index (χ1) is 5.86. The van der Waals surface area contributed by atoms with E-state index in [1.807, 2.05) is 12.1 Å². The van der Waals surface area contributed by atoms with Crippen LogP contribution in [-0.4, -0.2) is 13.7 Å². The molecule has 1 aromatic rings. The molecular weight excluding hydrogens is 150 g/mol. The predicted molar refractivity (Wildman–Crippen MR) is 49.1 cm³/mol. The van der Waals surface area contributed by atoms with E-state index in [1.54, 1.807) is 7.11 Å². The fourth-order valence-corrected chi connectivity index (χ4v) is 1.12. The fourth-order valence-electron chi connectivity index (χ4n) is 1.12. The fraction of sp³-hybridized carbons (Fsp3) is 0.400. The molecule has 0 saturated carbocycles. The Morgan fingerprint density at radius 2 is 1.92 bits per heavy atom. The second-order valence-electron chi connectivity index (χ2n) is 2.81. The molecule has 0 aliphatic rings. The average molecular weight is 166 g/mol. The van der Waals surface area contributed by atoms with Crippen LogP contribution >= 0.6 is 0 Å². The highest BCUT2D eigenvalue weighted by molar-refractivity contribution is 5.27. The Morgan fingerprint density at radius 1 is 1.25 bits per heavy atom. The third kappa shape index (κ3) is 2.55. The highest BCUT2D eigenvalue weighted by atomic mass is 16.5. The van der Waals surface area contributed by atoms with Crippen molar-refractivity contribution in [2.75, 3.05) is 13.7 Å². The summed E-state index contributed by atoms with van der Waals surface area (Å²) >= 11 is 0. The Hall–Kier alpha value is -1.02. The second kappa shape index (κ2) is 4.78. The zero-order valence-corrected chi connectivity index (χ0v) is 7.55. The van der Waals surface area contributed by atoms with Gasteiger partial charge in [-0.3, -0.25) is 0 Å². The van der Waals surface area contributed by atoms with Gasteiger partial charge in [-0.05, 0) is 24.1 Å². The van der Waals surface area contributed by atoms with Gasteiger partial charge in [-0.2, -0.15) is 0 Å². The van der Waals surface area contributed by atoms with Crippen molar-refractivity contribution in [1.29, 1.82) is 0 Å². The Kier molecular flexibility index (Phi) is 3.61. The van der Waals surface area contributed by atoms with E-state index in [-0.39, 0.29) is 0 Å². The van der Waals surface area contributed by atoms with Crippen molar-refractivity contribution in [3.8, 4) is 5.75 Å². The summed E-state index contributed by atoms with van der Waals surface area (Å²) in [6.45, 7) is 1.01. The van der Waals surface area contributed by atoms with Gasteiger partial charge in [-0.1, -0.05) is 12.1 Å². The number of hydrogen-bond acceptors (Lipinski definition) is 1. The summed E-state index contributed by atoms with van der Waals surface area (Å²) in [5, 5.41) is 0. The van der Waals surface area contributed by atoms with Gasteiger partial charge >= 0.3 is 0 Å². The SMILES string of the molecule is COc1ccc(CCC[NH3+])cc1. The summed E-state index contributed by atoms with van der Waals surface area (Å²) in [6.07, 6.45) is 2.28. The molecule has 0 saturated heterocycles. The molecular formula is C10H16NO+. The van der Waals surface area contributed by atoms with Crippen molar-refractivity contribution in [2.45, 2.75) is 12.8 Å². The molecule has 0 heterocycles. The van der Waals surface area contributed by atoms with Crippen molar-refractivity contribution in [3.63, 3.8) is 0 Å². The maximum atomic E-state index is 5.06. The molecule has 0 atom stereocenters. The minimum atomic E-state index is 0.924. The molecule has 0 unspecified atom stereocenters. The van der Waals surface area contributed by atoms with Crippen LogP contribution in [0.3, 0.4) is 0 Å². The first-order valence-electron chi connectivity index (χ1n) is 4.29.